The molecule has 0 unspecified atom stereocenters. The predicted molar refractivity (Wildman–Crippen MR) is 132 cm³/mol. The highest BCUT2D eigenvalue weighted by molar-refractivity contribution is 7.91. The van der Waals surface area contributed by atoms with Gasteiger partial charge in [-0.3, -0.25) is 9.69 Å². The number of aromatic nitrogens is 1. The van der Waals surface area contributed by atoms with E-state index in [0.717, 1.165) is 39.9 Å². The molecule has 0 bridgehead atoms. The van der Waals surface area contributed by atoms with Crippen LogP contribution in [0, 0.1) is 20.8 Å². The van der Waals surface area contributed by atoms with Gasteiger partial charge in [0.25, 0.3) is 0 Å². The van der Waals surface area contributed by atoms with Crippen molar-refractivity contribution in [1.82, 2.24) is 9.88 Å². The molecule has 0 N–H and O–H groups in total. The highest BCUT2D eigenvalue weighted by Gasteiger charge is 2.23. The fourth-order valence-electron chi connectivity index (χ4n) is 3.57. The third-order valence-corrected chi connectivity index (χ3v) is 8.25. The number of aryl methyl sites for hydroxylation is 3. The Bertz CT molecular complexity index is 1200. The van der Waals surface area contributed by atoms with Crippen LogP contribution in [-0.4, -0.2) is 57.1 Å². The van der Waals surface area contributed by atoms with Gasteiger partial charge in [0.05, 0.1) is 20.9 Å². The fourth-order valence-corrected chi connectivity index (χ4v) is 5.86. The number of hydrogen-bond acceptors (Lipinski definition) is 6. The zero-order valence-corrected chi connectivity index (χ0v) is 21.0. The first-order chi connectivity index (χ1) is 15.1. The Morgan fingerprint density at radius 2 is 1.69 bits per heavy atom. The van der Waals surface area contributed by atoms with Crippen LogP contribution < -0.4 is 4.90 Å². The highest BCUT2D eigenvalue weighted by atomic mass is 32.2. The van der Waals surface area contributed by atoms with Crippen molar-refractivity contribution in [3.63, 3.8) is 0 Å². The van der Waals surface area contributed by atoms with E-state index in [1.165, 1.54) is 11.3 Å². The lowest BCUT2D eigenvalue weighted by Gasteiger charge is -2.21. The maximum Gasteiger partial charge on any atom is 0.229 e. The summed E-state index contributed by atoms with van der Waals surface area (Å²) in [6.45, 7) is 7.31. The molecule has 3 aromatic rings. The van der Waals surface area contributed by atoms with Crippen LogP contribution in [0.3, 0.4) is 0 Å². The summed E-state index contributed by atoms with van der Waals surface area (Å²) in [5, 5.41) is 0.630. The van der Waals surface area contributed by atoms with Crippen LogP contribution in [-0.2, 0) is 14.6 Å². The van der Waals surface area contributed by atoms with E-state index >= 15 is 0 Å². The second kappa shape index (κ2) is 10.1. The van der Waals surface area contributed by atoms with Crippen LogP contribution in [0.4, 0.5) is 5.13 Å². The van der Waals surface area contributed by atoms with Gasteiger partial charge in [-0.25, -0.2) is 13.4 Å². The minimum atomic E-state index is -3.53. The summed E-state index contributed by atoms with van der Waals surface area (Å²) in [7, 11) is 0.449. The first-order valence-electron chi connectivity index (χ1n) is 10.7. The van der Waals surface area contributed by atoms with Crippen LogP contribution in [0.15, 0.2) is 41.3 Å². The average molecular weight is 474 g/mol. The minimum Gasteiger partial charge on any atom is -0.309 e. The van der Waals surface area contributed by atoms with E-state index in [4.69, 9.17) is 4.98 Å². The van der Waals surface area contributed by atoms with Gasteiger partial charge in [-0.15, -0.1) is 0 Å². The second-order valence-corrected chi connectivity index (χ2v) is 11.6. The van der Waals surface area contributed by atoms with Gasteiger partial charge in [-0.05, 0) is 77.2 Å². The molecule has 0 atom stereocenters. The number of amides is 1. The van der Waals surface area contributed by atoms with Gasteiger partial charge < -0.3 is 4.90 Å². The standard InChI is InChI=1S/C24H31N3O3S2/c1-17-7-9-20(10-8-17)32(29,30)14-11-22(28)27(13-6-12-26(4)5)24-25-21-16-18(2)15-19(3)23(21)31-24/h7-10,15-16H,6,11-14H2,1-5H3. The molecule has 0 aliphatic carbocycles. The maximum absolute atomic E-state index is 13.2. The topological polar surface area (TPSA) is 70.6 Å². The number of thiazole rings is 1. The van der Waals surface area contributed by atoms with Gasteiger partial charge in [0.2, 0.25) is 5.91 Å². The molecule has 0 saturated carbocycles. The monoisotopic (exact) mass is 473 g/mol. The molecule has 0 spiro atoms. The summed E-state index contributed by atoms with van der Waals surface area (Å²) in [4.78, 5) is 21.9. The summed E-state index contributed by atoms with van der Waals surface area (Å²) in [5.74, 6) is -0.435. The number of hydrogen-bond donors (Lipinski definition) is 0. The lowest BCUT2D eigenvalue weighted by atomic mass is 10.1. The van der Waals surface area contributed by atoms with Gasteiger partial charge in [-0.1, -0.05) is 35.1 Å². The Kier molecular flexibility index (Phi) is 7.69. The number of sulfone groups is 1. The summed E-state index contributed by atoms with van der Waals surface area (Å²) >= 11 is 1.49. The zero-order chi connectivity index (χ0) is 23.5. The molecular weight excluding hydrogens is 442 g/mol. The number of anilines is 1. The number of nitrogens with zero attached hydrogens (tertiary/aromatic N) is 3. The molecule has 8 heteroatoms. The van der Waals surface area contributed by atoms with E-state index < -0.39 is 9.84 Å². The van der Waals surface area contributed by atoms with Crippen molar-refractivity contribution in [1.29, 1.82) is 0 Å². The van der Waals surface area contributed by atoms with Crippen molar-refractivity contribution in [2.75, 3.05) is 37.8 Å². The van der Waals surface area contributed by atoms with Gasteiger partial charge in [0.15, 0.2) is 15.0 Å². The molecule has 6 nitrogen and oxygen atoms in total. The predicted octanol–water partition coefficient (Wildman–Crippen LogP) is 4.37. The molecule has 32 heavy (non-hydrogen) atoms. The first kappa shape index (κ1) is 24.4. The number of fused-ring (bicyclic) bond motifs is 1. The average Bonchev–Trinajstić information content (AvgIpc) is 3.13. The first-order valence-corrected chi connectivity index (χ1v) is 13.2. The molecule has 1 aromatic heterocycles. The Labute approximate surface area is 194 Å². The molecular formula is C24H31N3O3S2. The smallest absolute Gasteiger partial charge is 0.229 e. The zero-order valence-electron chi connectivity index (χ0n) is 19.4. The van der Waals surface area contributed by atoms with E-state index in [0.29, 0.717) is 11.7 Å². The summed E-state index contributed by atoms with van der Waals surface area (Å²) in [5.41, 5.74) is 4.13. The Balaban J connectivity index is 1.82. The summed E-state index contributed by atoms with van der Waals surface area (Å²) in [6.07, 6.45) is 0.698. The molecule has 1 heterocycles. The molecule has 0 aliphatic rings. The summed E-state index contributed by atoms with van der Waals surface area (Å²) < 4.78 is 26.5. The van der Waals surface area contributed by atoms with Crippen molar-refractivity contribution >= 4 is 42.4 Å². The Morgan fingerprint density at radius 1 is 1.00 bits per heavy atom. The lowest BCUT2D eigenvalue weighted by Crippen LogP contribution is -2.34. The molecule has 0 aliphatic heterocycles. The molecule has 0 radical (unpaired) electrons. The number of carbonyl (C=O) groups excluding carboxylic acids is 1. The Morgan fingerprint density at radius 3 is 2.34 bits per heavy atom. The number of benzene rings is 2. The third-order valence-electron chi connectivity index (χ3n) is 5.29. The molecule has 172 valence electrons. The van der Waals surface area contributed by atoms with E-state index in [-0.39, 0.29) is 23.0 Å². The van der Waals surface area contributed by atoms with Gasteiger partial charge in [-0.2, -0.15) is 0 Å². The van der Waals surface area contributed by atoms with E-state index in [1.54, 1.807) is 29.2 Å². The van der Waals surface area contributed by atoms with Crippen molar-refractivity contribution < 1.29 is 13.2 Å². The SMILES string of the molecule is Cc1ccc(S(=O)(=O)CCC(=O)N(CCCN(C)C)c2nc3cc(C)cc(C)c3s2)cc1. The fraction of sp³-hybridized carbons (Fsp3) is 0.417. The van der Waals surface area contributed by atoms with Crippen molar-refractivity contribution in [3.8, 4) is 0 Å². The van der Waals surface area contributed by atoms with Gasteiger partial charge >= 0.3 is 0 Å². The second-order valence-electron chi connectivity index (χ2n) is 8.51. The summed E-state index contributed by atoms with van der Waals surface area (Å²) in [6, 6.07) is 10.9. The lowest BCUT2D eigenvalue weighted by molar-refractivity contribution is -0.118. The van der Waals surface area contributed by atoms with Crippen LogP contribution in [0.2, 0.25) is 0 Å². The minimum absolute atomic E-state index is 0.0773. The van der Waals surface area contributed by atoms with Crippen LogP contribution in [0.25, 0.3) is 10.2 Å². The number of rotatable bonds is 9. The number of carbonyl (C=O) groups is 1. The molecule has 0 saturated heterocycles. The van der Waals surface area contributed by atoms with Crippen LogP contribution in [0.1, 0.15) is 29.5 Å². The van der Waals surface area contributed by atoms with E-state index in [9.17, 15) is 13.2 Å². The van der Waals surface area contributed by atoms with E-state index in [2.05, 4.69) is 11.0 Å². The molecule has 3 rings (SSSR count). The quantitative estimate of drug-likeness (QED) is 0.462. The normalized spacial score (nSPS) is 11.9. The molecule has 0 fully saturated rings. The van der Waals surface area contributed by atoms with E-state index in [1.807, 2.05) is 40.9 Å². The van der Waals surface area contributed by atoms with Crippen molar-refractivity contribution in [3.05, 3.63) is 53.1 Å². The molecule has 2 aromatic carbocycles. The molecule has 1 amide bonds. The third kappa shape index (κ3) is 5.94. The van der Waals surface area contributed by atoms with Gasteiger partial charge in [0.1, 0.15) is 0 Å². The van der Waals surface area contributed by atoms with Crippen molar-refractivity contribution in [2.24, 2.45) is 0 Å². The van der Waals surface area contributed by atoms with Crippen molar-refractivity contribution in [2.45, 2.75) is 38.5 Å². The maximum atomic E-state index is 13.2. The largest absolute Gasteiger partial charge is 0.309 e. The van der Waals surface area contributed by atoms with Crippen LogP contribution in [0.5, 0.6) is 0 Å². The van der Waals surface area contributed by atoms with Crippen LogP contribution >= 0.6 is 11.3 Å². The van der Waals surface area contributed by atoms with Gasteiger partial charge in [0, 0.05) is 13.0 Å². The highest BCUT2D eigenvalue weighted by Crippen LogP contribution is 2.32. The Hall–Kier alpha value is -2.29.